The first-order chi connectivity index (χ1) is 13.9. The molecule has 0 unspecified atom stereocenters. The van der Waals surface area contributed by atoms with E-state index < -0.39 is 46.7 Å². The lowest BCUT2D eigenvalue weighted by molar-refractivity contribution is -0.119. The largest absolute Gasteiger partial charge is 0.476 e. The normalized spacial score (nSPS) is 19.0. The number of ether oxygens (including phenoxy) is 1. The average Bonchev–Trinajstić information content (AvgIpc) is 3.44. The number of primary amides is 1. The Morgan fingerprint density at radius 1 is 1.37 bits per heavy atom. The molecular formula is C18H24F2N4O5S. The van der Waals surface area contributed by atoms with Crippen molar-refractivity contribution in [2.45, 2.75) is 31.2 Å². The highest BCUT2D eigenvalue weighted by Crippen LogP contribution is 2.37. The summed E-state index contributed by atoms with van der Waals surface area (Å²) in [5, 5.41) is 2.37. The molecule has 0 spiro atoms. The summed E-state index contributed by atoms with van der Waals surface area (Å²) in [7, 11) is -3.35. The van der Waals surface area contributed by atoms with Crippen molar-refractivity contribution < 1.29 is 31.5 Å². The lowest BCUT2D eigenvalue weighted by atomic mass is 10.1. The van der Waals surface area contributed by atoms with Gasteiger partial charge in [0.15, 0.2) is 0 Å². The molecule has 1 atom stereocenters. The number of rotatable bonds is 10. The van der Waals surface area contributed by atoms with E-state index in [1.807, 2.05) is 0 Å². The van der Waals surface area contributed by atoms with Crippen LogP contribution < -0.4 is 20.7 Å². The fraction of sp³-hybridized carbons (Fsp3) is 0.611. The Bertz CT molecular complexity index is 929. The van der Waals surface area contributed by atoms with Crippen LogP contribution in [-0.2, 0) is 14.6 Å². The summed E-state index contributed by atoms with van der Waals surface area (Å²) in [4.78, 5) is 29.7. The molecule has 3 rings (SSSR count). The standard InChI is InChI=1S/C18H24F2N4O5S/c1-30(27,28)7-6-12(15(21)25)22-16(26)13-4-5-14(24-9-18(19,20)10-24)17(23-13)29-8-11-2-3-11/h4-5,11-12H,2-3,6-10H2,1H3,(H2,21,25)(H,22,26)/t12-/m0/s1. The molecule has 2 fully saturated rings. The number of nitrogens with zero attached hydrogens (tertiary/aromatic N) is 2. The number of sulfone groups is 1. The van der Waals surface area contributed by atoms with Crippen LogP contribution >= 0.6 is 0 Å². The summed E-state index contributed by atoms with van der Waals surface area (Å²) in [5.74, 6) is -4.28. The van der Waals surface area contributed by atoms with Crippen molar-refractivity contribution >= 4 is 27.3 Å². The Balaban J connectivity index is 1.74. The van der Waals surface area contributed by atoms with E-state index in [-0.39, 0.29) is 23.7 Å². The maximum absolute atomic E-state index is 13.3. The third-order valence-electron chi connectivity index (χ3n) is 4.84. The number of hydrogen-bond acceptors (Lipinski definition) is 7. The number of anilines is 1. The number of carbonyl (C=O) groups excluding carboxylic acids is 2. The highest BCUT2D eigenvalue weighted by atomic mass is 32.2. The molecule has 1 aliphatic carbocycles. The van der Waals surface area contributed by atoms with Gasteiger partial charge in [-0.25, -0.2) is 22.2 Å². The van der Waals surface area contributed by atoms with Crippen molar-refractivity contribution in [2.75, 3.05) is 36.6 Å². The molecule has 0 radical (unpaired) electrons. The minimum absolute atomic E-state index is 0.0665. The highest BCUT2D eigenvalue weighted by Gasteiger charge is 2.45. The fourth-order valence-electron chi connectivity index (χ4n) is 2.92. The average molecular weight is 446 g/mol. The second kappa shape index (κ2) is 8.32. The molecule has 0 aromatic carbocycles. The zero-order chi connectivity index (χ0) is 22.1. The van der Waals surface area contributed by atoms with E-state index in [4.69, 9.17) is 10.5 Å². The predicted octanol–water partition coefficient (Wildman–Crippen LogP) is 0.344. The van der Waals surface area contributed by atoms with Crippen molar-refractivity contribution in [2.24, 2.45) is 11.7 Å². The fourth-order valence-corrected chi connectivity index (χ4v) is 3.58. The number of aromatic nitrogens is 1. The smallest absolute Gasteiger partial charge is 0.282 e. The maximum atomic E-state index is 13.3. The van der Waals surface area contributed by atoms with Gasteiger partial charge in [0.2, 0.25) is 11.8 Å². The number of alkyl halides is 2. The van der Waals surface area contributed by atoms with Gasteiger partial charge in [0.25, 0.3) is 11.8 Å². The van der Waals surface area contributed by atoms with Gasteiger partial charge in [-0.1, -0.05) is 0 Å². The van der Waals surface area contributed by atoms with Crippen LogP contribution in [0.4, 0.5) is 14.5 Å². The van der Waals surface area contributed by atoms with E-state index in [2.05, 4.69) is 10.3 Å². The summed E-state index contributed by atoms with van der Waals surface area (Å²) >= 11 is 0. The number of halogens is 2. The van der Waals surface area contributed by atoms with Gasteiger partial charge in [0, 0.05) is 6.26 Å². The third kappa shape index (κ3) is 6.00. The van der Waals surface area contributed by atoms with E-state index in [0.29, 0.717) is 18.2 Å². The number of nitrogens with two attached hydrogens (primary N) is 1. The van der Waals surface area contributed by atoms with Gasteiger partial charge in [-0.05, 0) is 37.3 Å². The Labute approximate surface area is 172 Å². The summed E-state index contributed by atoms with van der Waals surface area (Å²) in [6, 6.07) is 1.60. The summed E-state index contributed by atoms with van der Waals surface area (Å²) < 4.78 is 54.8. The maximum Gasteiger partial charge on any atom is 0.282 e. The van der Waals surface area contributed by atoms with Gasteiger partial charge in [0.05, 0.1) is 25.4 Å². The first-order valence-corrected chi connectivity index (χ1v) is 11.5. The molecule has 1 aromatic heterocycles. The Morgan fingerprint density at radius 3 is 2.57 bits per heavy atom. The van der Waals surface area contributed by atoms with Crippen LogP contribution in [0.3, 0.4) is 0 Å². The number of carbonyl (C=O) groups is 2. The molecular weight excluding hydrogens is 422 g/mol. The van der Waals surface area contributed by atoms with Crippen LogP contribution in [0.15, 0.2) is 12.1 Å². The van der Waals surface area contributed by atoms with Gasteiger partial charge in [-0.15, -0.1) is 0 Å². The second-order valence-corrected chi connectivity index (χ2v) is 10.1. The van der Waals surface area contributed by atoms with Crippen molar-refractivity contribution in [3.8, 4) is 5.88 Å². The molecule has 1 aliphatic heterocycles. The molecule has 2 heterocycles. The van der Waals surface area contributed by atoms with Crippen LogP contribution in [-0.4, -0.2) is 68.9 Å². The van der Waals surface area contributed by atoms with Crippen LogP contribution in [0.1, 0.15) is 29.8 Å². The first kappa shape index (κ1) is 22.2. The molecule has 0 bridgehead atoms. The molecule has 1 saturated carbocycles. The van der Waals surface area contributed by atoms with E-state index in [9.17, 15) is 26.8 Å². The molecule has 3 N–H and O–H groups in total. The molecule has 166 valence electrons. The minimum atomic E-state index is -3.35. The van der Waals surface area contributed by atoms with Crippen molar-refractivity contribution in [3.05, 3.63) is 17.8 Å². The van der Waals surface area contributed by atoms with E-state index in [1.165, 1.54) is 17.0 Å². The Kier molecular flexibility index (Phi) is 6.16. The topological polar surface area (TPSA) is 132 Å². The molecule has 30 heavy (non-hydrogen) atoms. The molecule has 1 aromatic rings. The lowest BCUT2D eigenvalue weighted by Gasteiger charge is -2.40. The summed E-state index contributed by atoms with van der Waals surface area (Å²) in [6.45, 7) is -0.557. The first-order valence-electron chi connectivity index (χ1n) is 9.48. The quantitative estimate of drug-likeness (QED) is 0.530. The van der Waals surface area contributed by atoms with Gasteiger partial charge < -0.3 is 20.7 Å². The Hall–Kier alpha value is -2.50. The lowest BCUT2D eigenvalue weighted by Crippen LogP contribution is -2.56. The summed E-state index contributed by atoms with van der Waals surface area (Å²) in [6.07, 6.45) is 2.86. The second-order valence-electron chi connectivity index (χ2n) is 7.83. The monoisotopic (exact) mass is 446 g/mol. The van der Waals surface area contributed by atoms with Crippen LogP contribution in [0.2, 0.25) is 0 Å². The number of pyridine rings is 1. The van der Waals surface area contributed by atoms with Crippen LogP contribution in [0.25, 0.3) is 0 Å². The SMILES string of the molecule is CS(=O)(=O)CC[C@H](NC(=O)c1ccc(N2CC(F)(F)C2)c(OCC2CC2)n1)C(N)=O. The number of nitrogens with one attached hydrogen (secondary N) is 1. The minimum Gasteiger partial charge on any atom is -0.476 e. The Morgan fingerprint density at radius 2 is 2.03 bits per heavy atom. The highest BCUT2D eigenvalue weighted by molar-refractivity contribution is 7.90. The van der Waals surface area contributed by atoms with Gasteiger partial charge in [-0.2, -0.15) is 0 Å². The van der Waals surface area contributed by atoms with Gasteiger partial charge in [0.1, 0.15) is 27.3 Å². The molecule has 12 heteroatoms. The van der Waals surface area contributed by atoms with Crippen molar-refractivity contribution in [3.63, 3.8) is 0 Å². The number of amides is 2. The molecule has 2 amide bonds. The molecule has 1 saturated heterocycles. The van der Waals surface area contributed by atoms with Gasteiger partial charge >= 0.3 is 0 Å². The van der Waals surface area contributed by atoms with E-state index >= 15 is 0 Å². The summed E-state index contributed by atoms with van der Waals surface area (Å²) in [5.41, 5.74) is 5.52. The zero-order valence-electron chi connectivity index (χ0n) is 16.4. The van der Waals surface area contributed by atoms with Crippen LogP contribution in [0.5, 0.6) is 5.88 Å². The number of hydrogen-bond donors (Lipinski definition) is 2. The van der Waals surface area contributed by atoms with E-state index in [0.717, 1.165) is 19.1 Å². The van der Waals surface area contributed by atoms with Crippen molar-refractivity contribution in [1.82, 2.24) is 10.3 Å². The third-order valence-corrected chi connectivity index (χ3v) is 5.81. The van der Waals surface area contributed by atoms with E-state index in [1.54, 1.807) is 0 Å². The molecule has 2 aliphatic rings. The van der Waals surface area contributed by atoms with Crippen molar-refractivity contribution in [1.29, 1.82) is 0 Å². The predicted molar refractivity (Wildman–Crippen MR) is 104 cm³/mol. The van der Waals surface area contributed by atoms with Gasteiger partial charge in [-0.3, -0.25) is 9.59 Å². The zero-order valence-corrected chi connectivity index (χ0v) is 17.3. The van der Waals surface area contributed by atoms with Crippen LogP contribution in [0, 0.1) is 5.92 Å². The molecule has 9 nitrogen and oxygen atoms in total.